The summed E-state index contributed by atoms with van der Waals surface area (Å²) in [7, 11) is 0. The van der Waals surface area contributed by atoms with Crippen LogP contribution in [0.4, 0.5) is 4.39 Å². The van der Waals surface area contributed by atoms with Gasteiger partial charge in [0.05, 0.1) is 11.0 Å². The normalized spacial score (nSPS) is 11.3. The van der Waals surface area contributed by atoms with E-state index in [1.54, 1.807) is 24.3 Å². The van der Waals surface area contributed by atoms with Crippen LogP contribution in [-0.2, 0) is 17.8 Å². The number of carbonyl (C=O) groups excluding carboxylic acids is 1. The fraction of sp³-hybridized carbons (Fsp3) is 0.154. The highest BCUT2D eigenvalue weighted by atomic mass is 19.1. The zero-order chi connectivity index (χ0) is 21.5. The molecule has 0 spiro atoms. The Morgan fingerprint density at radius 3 is 2.52 bits per heavy atom. The van der Waals surface area contributed by atoms with Crippen LogP contribution < -0.4 is 5.32 Å². The molecule has 0 unspecified atom stereocenters. The maximum Gasteiger partial charge on any atom is 0.243 e. The number of rotatable bonds is 8. The molecule has 0 saturated carbocycles. The van der Waals surface area contributed by atoms with Gasteiger partial charge in [-0.25, -0.2) is 9.37 Å². The van der Waals surface area contributed by atoms with E-state index in [0.717, 1.165) is 40.8 Å². The Labute approximate surface area is 181 Å². The zero-order valence-corrected chi connectivity index (χ0v) is 17.2. The summed E-state index contributed by atoms with van der Waals surface area (Å²) in [6.45, 7) is 1.19. The highest BCUT2D eigenvalue weighted by molar-refractivity contribution is 5.91. The van der Waals surface area contributed by atoms with Crippen LogP contribution in [0, 0.1) is 5.82 Å². The van der Waals surface area contributed by atoms with Crippen molar-refractivity contribution in [1.82, 2.24) is 14.9 Å². The molecule has 5 heteroatoms. The van der Waals surface area contributed by atoms with Crippen molar-refractivity contribution in [3.63, 3.8) is 0 Å². The number of nitrogens with one attached hydrogen (secondary N) is 1. The average molecular weight is 413 g/mol. The van der Waals surface area contributed by atoms with Crippen molar-refractivity contribution >= 4 is 23.0 Å². The molecule has 3 aromatic carbocycles. The maximum absolute atomic E-state index is 13.3. The van der Waals surface area contributed by atoms with Crippen molar-refractivity contribution in [2.45, 2.75) is 19.4 Å². The quantitative estimate of drug-likeness (QED) is 0.327. The average Bonchev–Trinajstić information content (AvgIpc) is 3.15. The first-order valence-electron chi connectivity index (χ1n) is 10.4. The molecule has 0 atom stereocenters. The minimum atomic E-state index is -0.239. The lowest BCUT2D eigenvalue weighted by Gasteiger charge is -2.10. The highest BCUT2D eigenvalue weighted by Gasteiger charge is 2.11. The molecule has 1 amide bonds. The molecule has 4 nitrogen and oxygen atoms in total. The van der Waals surface area contributed by atoms with E-state index in [9.17, 15) is 9.18 Å². The number of hydrogen-bond acceptors (Lipinski definition) is 2. The Bertz CT molecular complexity index is 1180. The largest absolute Gasteiger partial charge is 0.353 e. The van der Waals surface area contributed by atoms with Gasteiger partial charge in [0.25, 0.3) is 0 Å². The molecule has 0 bridgehead atoms. The van der Waals surface area contributed by atoms with Crippen LogP contribution >= 0.6 is 0 Å². The Balaban J connectivity index is 1.38. The molecular formula is C26H24FN3O. The van der Waals surface area contributed by atoms with Crippen LogP contribution in [0.1, 0.15) is 23.4 Å². The number of aryl methyl sites for hydroxylation is 1. The second-order valence-corrected chi connectivity index (χ2v) is 7.37. The lowest BCUT2D eigenvalue weighted by Crippen LogP contribution is -2.22. The molecule has 0 aliphatic carbocycles. The first-order valence-corrected chi connectivity index (χ1v) is 10.4. The number of halogens is 1. The first kappa shape index (κ1) is 20.5. The summed E-state index contributed by atoms with van der Waals surface area (Å²) < 4.78 is 15.4. The molecule has 4 aromatic rings. The molecular weight excluding hydrogens is 389 g/mol. The molecule has 1 aromatic heterocycles. The van der Waals surface area contributed by atoms with Gasteiger partial charge in [0, 0.05) is 25.6 Å². The minimum Gasteiger partial charge on any atom is -0.353 e. The third-order valence-corrected chi connectivity index (χ3v) is 5.09. The number of amides is 1. The number of benzene rings is 3. The van der Waals surface area contributed by atoms with E-state index in [4.69, 9.17) is 4.98 Å². The van der Waals surface area contributed by atoms with E-state index in [1.165, 1.54) is 12.1 Å². The fourth-order valence-corrected chi connectivity index (χ4v) is 3.52. The van der Waals surface area contributed by atoms with Gasteiger partial charge in [-0.2, -0.15) is 0 Å². The molecule has 4 rings (SSSR count). The molecule has 31 heavy (non-hydrogen) atoms. The number of carbonyl (C=O) groups is 1. The lowest BCUT2D eigenvalue weighted by atomic mass is 10.2. The minimum absolute atomic E-state index is 0.108. The van der Waals surface area contributed by atoms with Gasteiger partial charge >= 0.3 is 0 Å². The van der Waals surface area contributed by atoms with Crippen molar-refractivity contribution < 1.29 is 9.18 Å². The second kappa shape index (κ2) is 9.85. The molecule has 1 N–H and O–H groups in total. The summed E-state index contributed by atoms with van der Waals surface area (Å²) in [5.74, 6) is 0.611. The van der Waals surface area contributed by atoms with Gasteiger partial charge in [-0.05, 0) is 47.9 Å². The van der Waals surface area contributed by atoms with E-state index in [1.807, 2.05) is 54.6 Å². The van der Waals surface area contributed by atoms with Crippen molar-refractivity contribution in [2.24, 2.45) is 0 Å². The Morgan fingerprint density at radius 1 is 0.968 bits per heavy atom. The van der Waals surface area contributed by atoms with Gasteiger partial charge in [0.1, 0.15) is 11.6 Å². The van der Waals surface area contributed by atoms with E-state index in [0.29, 0.717) is 13.1 Å². The highest BCUT2D eigenvalue weighted by Crippen LogP contribution is 2.19. The van der Waals surface area contributed by atoms with Crippen LogP contribution in [0.2, 0.25) is 0 Å². The Morgan fingerprint density at radius 2 is 1.71 bits per heavy atom. The Hall–Kier alpha value is -3.73. The van der Waals surface area contributed by atoms with Crippen LogP contribution in [0.25, 0.3) is 17.1 Å². The summed E-state index contributed by atoms with van der Waals surface area (Å²) in [6.07, 6.45) is 4.87. The summed E-state index contributed by atoms with van der Waals surface area (Å²) >= 11 is 0. The van der Waals surface area contributed by atoms with Gasteiger partial charge in [-0.15, -0.1) is 0 Å². The predicted octanol–water partition coefficient (Wildman–Crippen LogP) is 4.99. The van der Waals surface area contributed by atoms with E-state index in [2.05, 4.69) is 9.88 Å². The molecule has 0 saturated heterocycles. The van der Waals surface area contributed by atoms with Gasteiger partial charge in [0.2, 0.25) is 5.91 Å². The fourth-order valence-electron chi connectivity index (χ4n) is 3.52. The van der Waals surface area contributed by atoms with E-state index in [-0.39, 0.29) is 11.7 Å². The van der Waals surface area contributed by atoms with Crippen molar-refractivity contribution in [1.29, 1.82) is 0 Å². The third-order valence-electron chi connectivity index (χ3n) is 5.09. The molecule has 0 radical (unpaired) electrons. The van der Waals surface area contributed by atoms with Gasteiger partial charge in [-0.1, -0.05) is 54.6 Å². The molecule has 0 aliphatic heterocycles. The monoisotopic (exact) mass is 413 g/mol. The summed E-state index contributed by atoms with van der Waals surface area (Å²) in [6, 6.07) is 24.3. The van der Waals surface area contributed by atoms with Crippen LogP contribution in [0.3, 0.4) is 0 Å². The number of imidazole rings is 1. The third kappa shape index (κ3) is 5.45. The maximum atomic E-state index is 13.3. The van der Waals surface area contributed by atoms with Crippen molar-refractivity contribution in [3.05, 3.63) is 108 Å². The summed E-state index contributed by atoms with van der Waals surface area (Å²) in [5, 5.41) is 2.93. The standard InChI is InChI=1S/C26H24FN3O/c27-22-15-12-21(13-16-22)19-30-24-10-5-4-9-23(24)29-25(30)11-6-18-28-26(31)17-14-20-7-2-1-3-8-20/h1-5,7-10,12-17H,6,11,18-19H2,(H,28,31)/b17-14+. The number of para-hydroxylation sites is 2. The van der Waals surface area contributed by atoms with Gasteiger partial charge in [-0.3, -0.25) is 4.79 Å². The topological polar surface area (TPSA) is 46.9 Å². The van der Waals surface area contributed by atoms with E-state index >= 15 is 0 Å². The first-order chi connectivity index (χ1) is 15.2. The van der Waals surface area contributed by atoms with Gasteiger partial charge in [0.15, 0.2) is 0 Å². The second-order valence-electron chi connectivity index (χ2n) is 7.37. The summed E-state index contributed by atoms with van der Waals surface area (Å²) in [5.41, 5.74) is 4.00. The SMILES string of the molecule is O=C(/C=C/c1ccccc1)NCCCc1nc2ccccc2n1Cc1ccc(F)cc1. The van der Waals surface area contributed by atoms with Crippen molar-refractivity contribution in [3.8, 4) is 0 Å². The molecule has 0 fully saturated rings. The molecule has 1 heterocycles. The number of fused-ring (bicyclic) bond motifs is 1. The van der Waals surface area contributed by atoms with Crippen molar-refractivity contribution in [2.75, 3.05) is 6.54 Å². The van der Waals surface area contributed by atoms with Crippen LogP contribution in [0.5, 0.6) is 0 Å². The van der Waals surface area contributed by atoms with Crippen LogP contribution in [-0.4, -0.2) is 22.0 Å². The number of aromatic nitrogens is 2. The lowest BCUT2D eigenvalue weighted by molar-refractivity contribution is -0.116. The predicted molar refractivity (Wildman–Crippen MR) is 122 cm³/mol. The summed E-state index contributed by atoms with van der Waals surface area (Å²) in [4.78, 5) is 16.8. The zero-order valence-electron chi connectivity index (χ0n) is 17.2. The number of nitrogens with zero attached hydrogens (tertiary/aromatic N) is 2. The Kier molecular flexibility index (Phi) is 6.53. The number of hydrogen-bond donors (Lipinski definition) is 1. The smallest absolute Gasteiger partial charge is 0.243 e. The van der Waals surface area contributed by atoms with Crippen LogP contribution in [0.15, 0.2) is 84.9 Å². The molecule has 156 valence electrons. The molecule has 0 aliphatic rings. The van der Waals surface area contributed by atoms with Gasteiger partial charge < -0.3 is 9.88 Å². The van der Waals surface area contributed by atoms with E-state index < -0.39 is 0 Å².